The van der Waals surface area contributed by atoms with Crippen molar-refractivity contribution < 1.29 is 0 Å². The molecule has 3 rings (SSSR count). The van der Waals surface area contributed by atoms with E-state index in [0.29, 0.717) is 5.02 Å². The Bertz CT molecular complexity index is 737. The Morgan fingerprint density at radius 2 is 1.95 bits per heavy atom. The largest absolute Gasteiger partial charge is 0.258 e. The Hall–Kier alpha value is -1.78. The fraction of sp³-hybridized carbons (Fsp3) is 0.125. The molecule has 3 aromatic rings. The van der Waals surface area contributed by atoms with Crippen LogP contribution < -0.4 is 0 Å². The second-order valence-electron chi connectivity index (χ2n) is 4.75. The molecule has 0 unspecified atom stereocenters. The van der Waals surface area contributed by atoms with Crippen molar-refractivity contribution in [2.45, 2.75) is 17.8 Å². The van der Waals surface area contributed by atoms with E-state index >= 15 is 0 Å². The zero-order chi connectivity index (χ0) is 14.7. The smallest absolute Gasteiger partial charge is 0.209 e. The van der Waals surface area contributed by atoms with Crippen LogP contribution in [0, 0.1) is 6.92 Å². The van der Waals surface area contributed by atoms with Gasteiger partial charge in [0, 0.05) is 16.3 Å². The SMILES string of the molecule is Cc1cccc(CSc2n[nH]c(-c3ccc(Cl)cc3)n2)c1. The average Bonchev–Trinajstić information content (AvgIpc) is 2.95. The summed E-state index contributed by atoms with van der Waals surface area (Å²) < 4.78 is 0. The minimum absolute atomic E-state index is 0.715. The van der Waals surface area contributed by atoms with Crippen LogP contribution in [0.25, 0.3) is 11.4 Å². The van der Waals surface area contributed by atoms with Crippen LogP contribution in [0.15, 0.2) is 53.7 Å². The third-order valence-electron chi connectivity index (χ3n) is 3.03. The number of hydrogen-bond acceptors (Lipinski definition) is 3. The van der Waals surface area contributed by atoms with Crippen molar-refractivity contribution in [1.29, 1.82) is 0 Å². The number of aromatic nitrogens is 3. The van der Waals surface area contributed by atoms with E-state index in [2.05, 4.69) is 46.4 Å². The average molecular weight is 316 g/mol. The fourth-order valence-corrected chi connectivity index (χ4v) is 2.86. The number of nitrogens with one attached hydrogen (secondary N) is 1. The second-order valence-corrected chi connectivity index (χ2v) is 6.13. The normalized spacial score (nSPS) is 10.8. The number of hydrogen-bond donors (Lipinski definition) is 1. The molecule has 0 saturated heterocycles. The first-order chi connectivity index (χ1) is 10.2. The summed E-state index contributed by atoms with van der Waals surface area (Å²) in [5.74, 6) is 1.62. The molecule has 1 N–H and O–H groups in total. The lowest BCUT2D eigenvalue weighted by Gasteiger charge is -1.99. The molecule has 0 aliphatic rings. The van der Waals surface area contributed by atoms with Gasteiger partial charge in [-0.25, -0.2) is 4.98 Å². The lowest BCUT2D eigenvalue weighted by molar-refractivity contribution is 0.973. The van der Waals surface area contributed by atoms with E-state index < -0.39 is 0 Å². The van der Waals surface area contributed by atoms with Crippen molar-refractivity contribution in [3.05, 3.63) is 64.7 Å². The molecule has 0 spiro atoms. The quantitative estimate of drug-likeness (QED) is 0.708. The van der Waals surface area contributed by atoms with Crippen LogP contribution in [0.4, 0.5) is 0 Å². The van der Waals surface area contributed by atoms with Crippen molar-refractivity contribution in [3.63, 3.8) is 0 Å². The summed E-state index contributed by atoms with van der Waals surface area (Å²) >= 11 is 7.51. The van der Waals surface area contributed by atoms with Crippen LogP contribution in [0.3, 0.4) is 0 Å². The molecule has 1 aromatic heterocycles. The molecule has 0 aliphatic heterocycles. The molecule has 106 valence electrons. The third kappa shape index (κ3) is 3.65. The van der Waals surface area contributed by atoms with E-state index in [1.54, 1.807) is 11.8 Å². The van der Waals surface area contributed by atoms with Crippen LogP contribution >= 0.6 is 23.4 Å². The Labute approximate surface area is 132 Å². The van der Waals surface area contributed by atoms with Crippen LogP contribution in [-0.2, 0) is 5.75 Å². The van der Waals surface area contributed by atoms with Gasteiger partial charge in [-0.05, 0) is 36.8 Å². The van der Waals surface area contributed by atoms with E-state index in [0.717, 1.165) is 22.3 Å². The van der Waals surface area contributed by atoms with Crippen molar-refractivity contribution in [1.82, 2.24) is 15.2 Å². The highest BCUT2D eigenvalue weighted by Gasteiger charge is 2.06. The molecular formula is C16H14ClN3S. The number of benzene rings is 2. The number of halogens is 1. The van der Waals surface area contributed by atoms with Crippen molar-refractivity contribution in [2.24, 2.45) is 0 Å². The standard InChI is InChI=1S/C16H14ClN3S/c1-11-3-2-4-12(9-11)10-21-16-18-15(19-20-16)13-5-7-14(17)8-6-13/h2-9H,10H2,1H3,(H,18,19,20). The molecule has 1 heterocycles. The monoisotopic (exact) mass is 315 g/mol. The van der Waals surface area contributed by atoms with Gasteiger partial charge >= 0.3 is 0 Å². The van der Waals surface area contributed by atoms with Crippen LogP contribution in [0.2, 0.25) is 5.02 Å². The van der Waals surface area contributed by atoms with Gasteiger partial charge in [0.05, 0.1) is 0 Å². The van der Waals surface area contributed by atoms with Gasteiger partial charge in [0.2, 0.25) is 5.16 Å². The van der Waals surface area contributed by atoms with Gasteiger partial charge in [-0.2, -0.15) is 0 Å². The predicted octanol–water partition coefficient (Wildman–Crippen LogP) is 4.73. The maximum Gasteiger partial charge on any atom is 0.209 e. The molecule has 0 fully saturated rings. The summed E-state index contributed by atoms with van der Waals surface area (Å²) in [6.07, 6.45) is 0. The Morgan fingerprint density at radius 1 is 1.14 bits per heavy atom. The molecule has 21 heavy (non-hydrogen) atoms. The molecule has 2 aromatic carbocycles. The Balaban J connectivity index is 1.69. The number of thioether (sulfide) groups is 1. The minimum Gasteiger partial charge on any atom is -0.258 e. The number of H-pyrrole nitrogens is 1. The second kappa shape index (κ2) is 6.33. The molecule has 5 heteroatoms. The van der Waals surface area contributed by atoms with Crippen LogP contribution in [-0.4, -0.2) is 15.2 Å². The maximum absolute atomic E-state index is 5.88. The number of rotatable bonds is 4. The summed E-state index contributed by atoms with van der Waals surface area (Å²) in [6.45, 7) is 2.10. The van der Waals surface area contributed by atoms with Gasteiger partial charge in [-0.15, -0.1) is 5.10 Å². The molecule has 0 bridgehead atoms. The van der Waals surface area contributed by atoms with Crippen molar-refractivity contribution in [3.8, 4) is 11.4 Å². The summed E-state index contributed by atoms with van der Waals surface area (Å²) in [4.78, 5) is 4.50. The number of nitrogens with zero attached hydrogens (tertiary/aromatic N) is 2. The predicted molar refractivity (Wildman–Crippen MR) is 87.6 cm³/mol. The third-order valence-corrected chi connectivity index (χ3v) is 4.20. The van der Waals surface area contributed by atoms with Gasteiger partial charge < -0.3 is 0 Å². The summed E-state index contributed by atoms with van der Waals surface area (Å²) in [6, 6.07) is 16.0. The topological polar surface area (TPSA) is 41.6 Å². The number of aromatic amines is 1. The molecule has 0 radical (unpaired) electrons. The Kier molecular flexibility index (Phi) is 4.27. The molecule has 0 atom stereocenters. The highest BCUT2D eigenvalue weighted by molar-refractivity contribution is 7.98. The van der Waals surface area contributed by atoms with Crippen molar-refractivity contribution >= 4 is 23.4 Å². The Morgan fingerprint density at radius 3 is 2.71 bits per heavy atom. The molecule has 0 aliphatic carbocycles. The summed E-state index contributed by atoms with van der Waals surface area (Å²) in [5, 5.41) is 8.68. The highest BCUT2D eigenvalue weighted by Crippen LogP contribution is 2.23. The number of aryl methyl sites for hydroxylation is 1. The van der Waals surface area contributed by atoms with Crippen LogP contribution in [0.1, 0.15) is 11.1 Å². The van der Waals surface area contributed by atoms with Gasteiger partial charge in [0.25, 0.3) is 0 Å². The lowest BCUT2D eigenvalue weighted by atomic mass is 10.2. The zero-order valence-electron chi connectivity index (χ0n) is 11.5. The minimum atomic E-state index is 0.715. The first kappa shape index (κ1) is 14.2. The van der Waals surface area contributed by atoms with E-state index in [9.17, 15) is 0 Å². The molecular weight excluding hydrogens is 302 g/mol. The van der Waals surface area contributed by atoms with Crippen LogP contribution in [0.5, 0.6) is 0 Å². The summed E-state index contributed by atoms with van der Waals surface area (Å²) in [5.41, 5.74) is 3.53. The van der Waals surface area contributed by atoms with Gasteiger partial charge in [-0.3, -0.25) is 5.10 Å². The maximum atomic E-state index is 5.88. The first-order valence-electron chi connectivity index (χ1n) is 6.57. The lowest BCUT2D eigenvalue weighted by Crippen LogP contribution is -1.83. The van der Waals surface area contributed by atoms with Gasteiger partial charge in [0.1, 0.15) is 0 Å². The highest BCUT2D eigenvalue weighted by atomic mass is 35.5. The van der Waals surface area contributed by atoms with E-state index in [1.807, 2.05) is 24.3 Å². The van der Waals surface area contributed by atoms with E-state index in [-0.39, 0.29) is 0 Å². The molecule has 0 saturated carbocycles. The fourth-order valence-electron chi connectivity index (χ4n) is 2.00. The zero-order valence-corrected chi connectivity index (χ0v) is 13.1. The van der Waals surface area contributed by atoms with E-state index in [4.69, 9.17) is 11.6 Å². The summed E-state index contributed by atoms with van der Waals surface area (Å²) in [7, 11) is 0. The van der Waals surface area contributed by atoms with Gasteiger partial charge in [-0.1, -0.05) is 53.2 Å². The molecule has 3 nitrogen and oxygen atoms in total. The van der Waals surface area contributed by atoms with E-state index in [1.165, 1.54) is 11.1 Å². The van der Waals surface area contributed by atoms with Gasteiger partial charge in [0.15, 0.2) is 5.82 Å². The van der Waals surface area contributed by atoms with Crippen molar-refractivity contribution in [2.75, 3.05) is 0 Å². The molecule has 0 amide bonds. The first-order valence-corrected chi connectivity index (χ1v) is 7.94.